The maximum absolute atomic E-state index is 12.3. The first-order valence-electron chi connectivity index (χ1n) is 12.2. The highest BCUT2D eigenvalue weighted by Crippen LogP contribution is 2.25. The van der Waals surface area contributed by atoms with Gasteiger partial charge in [0, 0.05) is 6.54 Å². The van der Waals surface area contributed by atoms with E-state index in [1.54, 1.807) is 0 Å². The predicted molar refractivity (Wildman–Crippen MR) is 133 cm³/mol. The summed E-state index contributed by atoms with van der Waals surface area (Å²) in [6, 6.07) is 9.31. The third kappa shape index (κ3) is 14.7. The summed E-state index contributed by atoms with van der Waals surface area (Å²) in [6.07, 6.45) is 6.47. The van der Waals surface area contributed by atoms with Crippen molar-refractivity contribution in [2.24, 2.45) is 5.92 Å². The highest BCUT2D eigenvalue weighted by atomic mass is 16.5. The van der Waals surface area contributed by atoms with Crippen molar-refractivity contribution in [3.8, 4) is 5.75 Å². The molecule has 1 N–H and O–H groups in total. The van der Waals surface area contributed by atoms with Crippen molar-refractivity contribution >= 4 is 12.2 Å². The highest BCUT2D eigenvalue weighted by molar-refractivity contribution is 5.81. The van der Waals surface area contributed by atoms with Gasteiger partial charge in [0.05, 0.1) is 12.6 Å². The van der Waals surface area contributed by atoms with Gasteiger partial charge >= 0.3 is 0 Å². The van der Waals surface area contributed by atoms with Crippen LogP contribution in [0.5, 0.6) is 5.75 Å². The molecule has 5 heteroatoms. The van der Waals surface area contributed by atoms with Gasteiger partial charge in [0.25, 0.3) is 0 Å². The third-order valence-corrected chi connectivity index (χ3v) is 4.69. The number of likely N-dealkylation sites (N-methyl/N-ethyl adjacent to an activating group) is 1. The number of nitrogens with zero attached hydrogens (tertiary/aromatic N) is 1. The molecule has 0 radical (unpaired) electrons. The van der Waals surface area contributed by atoms with Crippen LogP contribution in [0.4, 0.5) is 0 Å². The Morgan fingerprint density at radius 3 is 2.13 bits per heavy atom. The van der Waals surface area contributed by atoms with Crippen LogP contribution in [0.2, 0.25) is 0 Å². The zero-order valence-electron chi connectivity index (χ0n) is 21.3. The van der Waals surface area contributed by atoms with Crippen molar-refractivity contribution in [3.05, 3.63) is 30.3 Å². The first kappa shape index (κ1) is 31.3. The lowest BCUT2D eigenvalue weighted by atomic mass is 9.84. The second-order valence-electron chi connectivity index (χ2n) is 7.07. The minimum Gasteiger partial charge on any atom is -0.489 e. The Kier molecular flexibility index (Phi) is 21.6. The Bertz CT molecular complexity index is 531. The molecule has 0 aliphatic heterocycles. The number of nitrogens with one attached hydrogen (secondary N) is 1. The molecule has 31 heavy (non-hydrogen) atoms. The summed E-state index contributed by atoms with van der Waals surface area (Å²) < 4.78 is 5.83. The molecular formula is C26H48N2O3. The van der Waals surface area contributed by atoms with Crippen LogP contribution in [-0.2, 0) is 9.59 Å². The summed E-state index contributed by atoms with van der Waals surface area (Å²) in [7, 11) is 1.89. The van der Waals surface area contributed by atoms with Crippen LogP contribution >= 0.6 is 0 Å². The van der Waals surface area contributed by atoms with Crippen molar-refractivity contribution in [3.63, 3.8) is 0 Å². The molecule has 0 spiro atoms. The molecule has 0 heterocycles. The second-order valence-corrected chi connectivity index (χ2v) is 7.07. The van der Waals surface area contributed by atoms with E-state index in [0.29, 0.717) is 12.5 Å². The number of carbonyl (C=O) groups excluding carboxylic acids is 2. The van der Waals surface area contributed by atoms with Crippen molar-refractivity contribution in [2.75, 3.05) is 20.1 Å². The molecule has 180 valence electrons. The van der Waals surface area contributed by atoms with Gasteiger partial charge in [-0.05, 0) is 44.9 Å². The molecule has 1 fully saturated rings. The summed E-state index contributed by atoms with van der Waals surface area (Å²) in [4.78, 5) is 25.5. The molecule has 2 unspecified atom stereocenters. The van der Waals surface area contributed by atoms with Crippen molar-refractivity contribution in [2.45, 2.75) is 92.7 Å². The quantitative estimate of drug-likeness (QED) is 0.502. The Morgan fingerprint density at radius 2 is 1.61 bits per heavy atom. The fourth-order valence-electron chi connectivity index (χ4n) is 3.51. The van der Waals surface area contributed by atoms with Gasteiger partial charge in [-0.25, -0.2) is 0 Å². The number of hydrogen-bond acceptors (Lipinski definition) is 4. The number of hydrogen-bond donors (Lipinski definition) is 1. The lowest BCUT2D eigenvalue weighted by molar-refractivity contribution is -0.125. The molecule has 1 aromatic rings. The van der Waals surface area contributed by atoms with E-state index in [9.17, 15) is 9.59 Å². The minimum absolute atomic E-state index is 0.0274. The van der Waals surface area contributed by atoms with Gasteiger partial charge in [-0.15, -0.1) is 0 Å². The van der Waals surface area contributed by atoms with Crippen LogP contribution in [0, 0.1) is 5.92 Å². The van der Waals surface area contributed by atoms with E-state index in [1.807, 2.05) is 90.7 Å². The molecule has 0 aromatic heterocycles. The average molecular weight is 437 g/mol. The van der Waals surface area contributed by atoms with E-state index in [4.69, 9.17) is 4.74 Å². The van der Waals surface area contributed by atoms with Gasteiger partial charge in [-0.3, -0.25) is 9.69 Å². The summed E-state index contributed by atoms with van der Waals surface area (Å²) in [5.41, 5.74) is 0. The van der Waals surface area contributed by atoms with E-state index in [2.05, 4.69) is 5.32 Å². The molecule has 1 aliphatic rings. The number of carbonyl (C=O) groups is 2. The molecule has 0 bridgehead atoms. The van der Waals surface area contributed by atoms with E-state index < -0.39 is 0 Å². The van der Waals surface area contributed by atoms with Gasteiger partial charge in [-0.2, -0.15) is 0 Å². The Hall–Kier alpha value is -1.88. The second kappa shape index (κ2) is 21.4. The Morgan fingerprint density at radius 1 is 1.06 bits per heavy atom. The maximum Gasteiger partial charge on any atom is 0.234 e. The van der Waals surface area contributed by atoms with Gasteiger partial charge in [0.15, 0.2) is 0 Å². The molecular weight excluding hydrogens is 388 g/mol. The first-order valence-corrected chi connectivity index (χ1v) is 12.2. The zero-order chi connectivity index (χ0) is 24.1. The molecule has 1 saturated carbocycles. The lowest BCUT2D eigenvalue weighted by Gasteiger charge is -2.28. The van der Waals surface area contributed by atoms with Gasteiger partial charge in [0.2, 0.25) is 5.91 Å². The van der Waals surface area contributed by atoms with Crippen molar-refractivity contribution in [1.82, 2.24) is 10.2 Å². The van der Waals surface area contributed by atoms with E-state index in [0.717, 1.165) is 37.7 Å². The van der Waals surface area contributed by atoms with Crippen LogP contribution in [0.25, 0.3) is 0 Å². The van der Waals surface area contributed by atoms with Gasteiger partial charge < -0.3 is 14.8 Å². The first-order chi connectivity index (χ1) is 15.1. The van der Waals surface area contributed by atoms with Crippen LogP contribution in [0.15, 0.2) is 30.3 Å². The van der Waals surface area contributed by atoms with Gasteiger partial charge in [-0.1, -0.05) is 79.0 Å². The summed E-state index contributed by atoms with van der Waals surface area (Å²) >= 11 is 0. The summed E-state index contributed by atoms with van der Waals surface area (Å²) in [6.45, 7) is 14.9. The minimum atomic E-state index is -0.348. The van der Waals surface area contributed by atoms with Crippen LogP contribution in [0.1, 0.15) is 80.6 Å². The van der Waals surface area contributed by atoms with Crippen LogP contribution in [0.3, 0.4) is 0 Å². The summed E-state index contributed by atoms with van der Waals surface area (Å²) in [5.74, 6) is 1.02. The van der Waals surface area contributed by atoms with E-state index in [-0.39, 0.29) is 24.6 Å². The molecule has 0 saturated heterocycles. The monoisotopic (exact) mass is 436 g/mol. The molecule has 1 aliphatic carbocycles. The number of benzene rings is 1. The van der Waals surface area contributed by atoms with E-state index in [1.165, 1.54) is 6.42 Å². The normalized spacial score (nSPS) is 14.9. The number of aldehydes is 1. The lowest BCUT2D eigenvalue weighted by Crippen LogP contribution is -2.46. The van der Waals surface area contributed by atoms with Gasteiger partial charge in [0.1, 0.15) is 18.1 Å². The molecule has 2 atom stereocenters. The van der Waals surface area contributed by atoms with Crippen LogP contribution in [-0.4, -0.2) is 49.4 Å². The Labute approximate surface area is 191 Å². The van der Waals surface area contributed by atoms with Crippen molar-refractivity contribution in [1.29, 1.82) is 0 Å². The Balaban J connectivity index is 0. The number of rotatable bonds is 9. The standard InChI is InChI=1S/C20H30N2O3.3C2H6/c1-16(25-18-11-7-4-8-12-18)13-22(2)14-20(24)21-19(15-23)17-9-5-3-6-10-17;3*1-2/h4,7-8,11-12,15-17,19H,3,5-6,9-10,13-14H2,1-2H3,(H,21,24);3*1-2H3. The average Bonchev–Trinajstić information content (AvgIpc) is 2.82. The fraction of sp³-hybridized carbons (Fsp3) is 0.692. The maximum atomic E-state index is 12.3. The van der Waals surface area contributed by atoms with E-state index >= 15 is 0 Å². The predicted octanol–water partition coefficient (Wildman–Crippen LogP) is 5.73. The topological polar surface area (TPSA) is 58.6 Å². The smallest absolute Gasteiger partial charge is 0.234 e. The number of para-hydroxylation sites is 1. The van der Waals surface area contributed by atoms with Crippen LogP contribution < -0.4 is 10.1 Å². The number of amides is 1. The highest BCUT2D eigenvalue weighted by Gasteiger charge is 2.25. The molecule has 2 rings (SSSR count). The van der Waals surface area contributed by atoms with Crippen molar-refractivity contribution < 1.29 is 14.3 Å². The molecule has 1 aromatic carbocycles. The number of ether oxygens (including phenoxy) is 1. The fourth-order valence-corrected chi connectivity index (χ4v) is 3.51. The zero-order valence-corrected chi connectivity index (χ0v) is 21.3. The molecule has 1 amide bonds. The SMILES string of the molecule is CC.CC.CC.CC(CN(C)CC(=O)NC(C=O)C1CCCCC1)Oc1ccccc1. The third-order valence-electron chi connectivity index (χ3n) is 4.69. The summed E-state index contributed by atoms with van der Waals surface area (Å²) in [5, 5.41) is 2.90. The largest absolute Gasteiger partial charge is 0.489 e. The molecule has 5 nitrogen and oxygen atoms in total.